The zero-order valence-electron chi connectivity index (χ0n) is 14.0. The lowest BCUT2D eigenvalue weighted by Gasteiger charge is -2.13. The molecule has 2 atom stereocenters. The number of rotatable bonds is 6. The summed E-state index contributed by atoms with van der Waals surface area (Å²) < 4.78 is 11.0. The van der Waals surface area contributed by atoms with Gasteiger partial charge in [-0.2, -0.15) is 0 Å². The minimum Gasteiger partial charge on any atom is -0.493 e. The van der Waals surface area contributed by atoms with Crippen molar-refractivity contribution in [1.82, 2.24) is 0 Å². The van der Waals surface area contributed by atoms with E-state index in [-0.39, 0.29) is 5.92 Å². The number of hydrogen-bond donors (Lipinski definition) is 2. The Kier molecular flexibility index (Phi) is 4.35. The molecule has 0 aliphatic heterocycles. The predicted octanol–water partition coefficient (Wildman–Crippen LogP) is 3.54. The number of anilines is 1. The smallest absolute Gasteiger partial charge is 0.319 e. The lowest BCUT2D eigenvalue weighted by atomic mass is 10.0. The van der Waals surface area contributed by atoms with Crippen LogP contribution < -0.4 is 14.8 Å². The zero-order valence-corrected chi connectivity index (χ0v) is 14.0. The van der Waals surface area contributed by atoms with Gasteiger partial charge in [0.1, 0.15) is 11.2 Å². The van der Waals surface area contributed by atoms with Crippen LogP contribution in [0.4, 0.5) is 5.69 Å². The van der Waals surface area contributed by atoms with Gasteiger partial charge >= 0.3 is 5.97 Å². The molecule has 0 unspecified atom stereocenters. The average Bonchev–Trinajstić information content (AvgIpc) is 3.30. The summed E-state index contributed by atoms with van der Waals surface area (Å²) in [4.78, 5) is 23.6. The molecule has 0 heterocycles. The monoisotopic (exact) mass is 341 g/mol. The molecule has 130 valence electrons. The van der Waals surface area contributed by atoms with Gasteiger partial charge in [0.2, 0.25) is 5.91 Å². The van der Waals surface area contributed by atoms with Gasteiger partial charge in [-0.05, 0) is 48.7 Å². The summed E-state index contributed by atoms with van der Waals surface area (Å²) in [6.07, 6.45) is 0.364. The number of benzene rings is 2. The molecule has 6 heteroatoms. The van der Waals surface area contributed by atoms with Crippen LogP contribution in [0.1, 0.15) is 13.3 Å². The van der Waals surface area contributed by atoms with Crippen LogP contribution in [-0.4, -0.2) is 24.1 Å². The van der Waals surface area contributed by atoms with Crippen LogP contribution >= 0.6 is 0 Å². The maximum atomic E-state index is 12.3. The third-order valence-corrected chi connectivity index (χ3v) is 4.51. The highest BCUT2D eigenvalue weighted by molar-refractivity contribution is 6.11. The third kappa shape index (κ3) is 3.15. The number of carbonyl (C=O) groups is 2. The van der Waals surface area contributed by atoms with Crippen molar-refractivity contribution in [1.29, 1.82) is 0 Å². The second-order valence-corrected chi connectivity index (χ2v) is 6.11. The summed E-state index contributed by atoms with van der Waals surface area (Å²) in [5.41, 5.74) is -0.774. The Hall–Kier alpha value is -3.02. The molecule has 2 aromatic carbocycles. The molecule has 1 amide bonds. The number of methoxy groups -OCH3 is 1. The molecule has 0 saturated heterocycles. The van der Waals surface area contributed by atoms with E-state index >= 15 is 0 Å². The highest BCUT2D eigenvalue weighted by Crippen LogP contribution is 2.53. The molecule has 6 nitrogen and oxygen atoms in total. The molecule has 1 aliphatic rings. The fraction of sp³-hybridized carbons (Fsp3) is 0.263. The average molecular weight is 341 g/mol. The topological polar surface area (TPSA) is 84.9 Å². The number of para-hydroxylation sites is 2. The van der Waals surface area contributed by atoms with E-state index in [1.54, 1.807) is 50.4 Å². The van der Waals surface area contributed by atoms with E-state index in [2.05, 4.69) is 5.32 Å². The highest BCUT2D eigenvalue weighted by atomic mass is 16.5. The van der Waals surface area contributed by atoms with E-state index in [1.165, 1.54) is 0 Å². The summed E-state index contributed by atoms with van der Waals surface area (Å²) in [6, 6.07) is 14.0. The second kappa shape index (κ2) is 6.47. The first-order chi connectivity index (χ1) is 12.0. The van der Waals surface area contributed by atoms with Gasteiger partial charge in [0.15, 0.2) is 11.5 Å². The first-order valence-electron chi connectivity index (χ1n) is 7.93. The van der Waals surface area contributed by atoms with Crippen LogP contribution in [0.25, 0.3) is 0 Å². The highest BCUT2D eigenvalue weighted by Gasteiger charge is 2.63. The molecule has 1 fully saturated rings. The van der Waals surface area contributed by atoms with Crippen molar-refractivity contribution in [2.75, 3.05) is 12.4 Å². The van der Waals surface area contributed by atoms with Crippen LogP contribution in [0.2, 0.25) is 0 Å². The summed E-state index contributed by atoms with van der Waals surface area (Å²) in [5.74, 6) is 0.0670. The van der Waals surface area contributed by atoms with E-state index < -0.39 is 17.3 Å². The van der Waals surface area contributed by atoms with Gasteiger partial charge in [-0.15, -0.1) is 0 Å². The van der Waals surface area contributed by atoms with E-state index in [0.717, 1.165) is 0 Å². The van der Waals surface area contributed by atoms with E-state index in [4.69, 9.17) is 9.47 Å². The molecule has 1 saturated carbocycles. The number of nitrogens with one attached hydrogen (secondary N) is 1. The molecule has 2 N–H and O–H groups in total. The first-order valence-corrected chi connectivity index (χ1v) is 7.93. The Bertz CT molecular complexity index is 802. The van der Waals surface area contributed by atoms with Gasteiger partial charge < -0.3 is 19.9 Å². The number of carboxylic acid groups (broad SMARTS) is 1. The summed E-state index contributed by atoms with van der Waals surface area (Å²) in [7, 11) is 1.57. The second-order valence-electron chi connectivity index (χ2n) is 6.11. The summed E-state index contributed by atoms with van der Waals surface area (Å²) >= 11 is 0. The van der Waals surface area contributed by atoms with Crippen molar-refractivity contribution >= 4 is 17.6 Å². The van der Waals surface area contributed by atoms with Crippen molar-refractivity contribution < 1.29 is 24.2 Å². The van der Waals surface area contributed by atoms with E-state index in [9.17, 15) is 14.7 Å². The molecule has 25 heavy (non-hydrogen) atoms. The first kappa shape index (κ1) is 16.8. The molecule has 2 aromatic rings. The van der Waals surface area contributed by atoms with Gasteiger partial charge in [0, 0.05) is 5.69 Å². The maximum absolute atomic E-state index is 12.3. The number of aliphatic carboxylic acids is 1. The van der Waals surface area contributed by atoms with Gasteiger partial charge in [-0.3, -0.25) is 9.59 Å². The minimum atomic E-state index is -1.30. The molecule has 0 spiro atoms. The van der Waals surface area contributed by atoms with Crippen molar-refractivity contribution in [3.63, 3.8) is 0 Å². The van der Waals surface area contributed by atoms with Crippen molar-refractivity contribution in [2.45, 2.75) is 13.3 Å². The Morgan fingerprint density at radius 1 is 1.12 bits per heavy atom. The van der Waals surface area contributed by atoms with Crippen LogP contribution in [0.3, 0.4) is 0 Å². The van der Waals surface area contributed by atoms with Crippen molar-refractivity contribution in [3.05, 3.63) is 48.5 Å². The predicted molar refractivity (Wildman–Crippen MR) is 92.0 cm³/mol. The number of carboxylic acids is 1. The SMILES string of the molecule is COc1ccccc1Oc1ccc(NC(=O)[C@]2(C(=O)O)C[C@H]2C)cc1. The zero-order chi connectivity index (χ0) is 18.0. The normalized spacial score (nSPS) is 21.3. The van der Waals surface area contributed by atoms with Crippen molar-refractivity contribution in [3.8, 4) is 17.2 Å². The Morgan fingerprint density at radius 3 is 2.24 bits per heavy atom. The molecule has 0 aromatic heterocycles. The molecule has 1 aliphatic carbocycles. The number of ether oxygens (including phenoxy) is 2. The Balaban J connectivity index is 1.69. The number of carbonyl (C=O) groups excluding carboxylic acids is 1. The fourth-order valence-corrected chi connectivity index (χ4v) is 2.81. The Morgan fingerprint density at radius 2 is 1.72 bits per heavy atom. The molecule has 0 bridgehead atoms. The van der Waals surface area contributed by atoms with Crippen LogP contribution in [-0.2, 0) is 9.59 Å². The standard InChI is InChI=1S/C19H19NO5/c1-12-11-19(12,18(22)23)17(21)20-13-7-9-14(10-8-13)25-16-6-4-3-5-15(16)24-2/h3-10,12H,11H2,1-2H3,(H,20,21)(H,22,23)/t12-,19+/m1/s1. The van der Waals surface area contributed by atoms with E-state index in [0.29, 0.717) is 29.4 Å². The maximum Gasteiger partial charge on any atom is 0.319 e. The third-order valence-electron chi connectivity index (χ3n) is 4.51. The van der Waals surface area contributed by atoms with Gasteiger partial charge in [-0.1, -0.05) is 19.1 Å². The van der Waals surface area contributed by atoms with E-state index in [1.807, 2.05) is 12.1 Å². The molecular formula is C19H19NO5. The number of hydrogen-bond acceptors (Lipinski definition) is 4. The van der Waals surface area contributed by atoms with Crippen LogP contribution in [0.5, 0.6) is 17.2 Å². The quantitative estimate of drug-likeness (QED) is 0.785. The minimum absolute atomic E-state index is 0.154. The largest absolute Gasteiger partial charge is 0.493 e. The van der Waals surface area contributed by atoms with Crippen molar-refractivity contribution in [2.24, 2.45) is 11.3 Å². The fourth-order valence-electron chi connectivity index (χ4n) is 2.81. The van der Waals surface area contributed by atoms with Crippen LogP contribution in [0, 0.1) is 11.3 Å². The number of amides is 1. The molecule has 0 radical (unpaired) electrons. The Labute approximate surface area is 145 Å². The summed E-state index contributed by atoms with van der Waals surface area (Å²) in [6.45, 7) is 1.76. The lowest BCUT2D eigenvalue weighted by molar-refractivity contribution is -0.148. The lowest BCUT2D eigenvalue weighted by Crippen LogP contribution is -2.32. The van der Waals surface area contributed by atoms with Gasteiger partial charge in [0.25, 0.3) is 0 Å². The van der Waals surface area contributed by atoms with Crippen LogP contribution in [0.15, 0.2) is 48.5 Å². The van der Waals surface area contributed by atoms with Gasteiger partial charge in [-0.25, -0.2) is 0 Å². The van der Waals surface area contributed by atoms with Gasteiger partial charge in [0.05, 0.1) is 7.11 Å². The molecular weight excluding hydrogens is 322 g/mol. The molecule has 3 rings (SSSR count). The summed E-state index contributed by atoms with van der Waals surface area (Å²) in [5, 5.41) is 12.0.